The van der Waals surface area contributed by atoms with Gasteiger partial charge in [-0.05, 0) is 50.4 Å². The van der Waals surface area contributed by atoms with Crippen LogP contribution in [0.3, 0.4) is 0 Å². The smallest absolute Gasteiger partial charge is 0.435 e. The molecule has 10 heteroatoms. The largest absolute Gasteiger partial charge is 0.465 e. The number of carbonyl (C=O) groups excluding carboxylic acids is 2. The van der Waals surface area contributed by atoms with Crippen LogP contribution in [0.15, 0.2) is 35.7 Å². The highest BCUT2D eigenvalue weighted by Crippen LogP contribution is 2.36. The summed E-state index contributed by atoms with van der Waals surface area (Å²) in [5, 5.41) is 16.7. The number of fused-ring (bicyclic) bond motifs is 2. The molecule has 0 unspecified atom stereocenters. The van der Waals surface area contributed by atoms with Crippen LogP contribution in [-0.2, 0) is 9.47 Å². The van der Waals surface area contributed by atoms with Crippen LogP contribution < -0.4 is 0 Å². The number of aromatic nitrogens is 3. The van der Waals surface area contributed by atoms with Crippen LogP contribution in [0.1, 0.15) is 31.1 Å². The number of nitrogens with zero attached hydrogens (tertiary/aromatic N) is 3. The molecule has 9 nitrogen and oxygen atoms in total. The molecule has 4 rings (SSSR count). The molecule has 0 aliphatic carbocycles. The fourth-order valence-electron chi connectivity index (χ4n) is 3.28. The topological polar surface area (TPSA) is 113 Å². The van der Waals surface area contributed by atoms with Crippen molar-refractivity contribution in [3.8, 4) is 11.4 Å². The molecule has 31 heavy (non-hydrogen) atoms. The fraction of sp³-hybridized carbons (Fsp3) is 0.238. The molecule has 0 saturated carbocycles. The molecule has 3 heterocycles. The van der Waals surface area contributed by atoms with E-state index in [0.29, 0.717) is 26.8 Å². The zero-order valence-corrected chi connectivity index (χ0v) is 18.0. The van der Waals surface area contributed by atoms with Crippen molar-refractivity contribution in [3.63, 3.8) is 0 Å². The van der Waals surface area contributed by atoms with Gasteiger partial charge in [-0.1, -0.05) is 6.07 Å². The summed E-state index contributed by atoms with van der Waals surface area (Å²) < 4.78 is 13.0. The first-order chi connectivity index (χ1) is 14.6. The van der Waals surface area contributed by atoms with Gasteiger partial charge in [-0.3, -0.25) is 0 Å². The van der Waals surface area contributed by atoms with E-state index < -0.39 is 23.8 Å². The number of hydrogen-bond acceptors (Lipinski definition) is 7. The van der Waals surface area contributed by atoms with Gasteiger partial charge in [0.15, 0.2) is 0 Å². The summed E-state index contributed by atoms with van der Waals surface area (Å²) in [7, 11) is 1.25. The molecule has 0 aliphatic heterocycles. The third kappa shape index (κ3) is 3.55. The standard InChI is InChI=1S/C21H19N3O6S/c1-21(2,3)30-20(28)24-13-7-8-31-17(13)16(22-24)15-9-11-5-6-12(18(25)29-4)10-14(11)23(15)19(26)27/h5-10H,1-4H3,(H,26,27). The van der Waals surface area contributed by atoms with Crippen molar-refractivity contribution in [1.82, 2.24) is 14.3 Å². The number of ether oxygens (including phenoxy) is 2. The minimum absolute atomic E-state index is 0.225. The van der Waals surface area contributed by atoms with Gasteiger partial charge in [0.1, 0.15) is 11.3 Å². The maximum atomic E-state index is 12.7. The van der Waals surface area contributed by atoms with E-state index in [9.17, 15) is 19.5 Å². The molecule has 0 bridgehead atoms. The monoisotopic (exact) mass is 441 g/mol. The van der Waals surface area contributed by atoms with Crippen molar-refractivity contribution in [2.75, 3.05) is 7.11 Å². The second-order valence-corrected chi connectivity index (χ2v) is 8.70. The summed E-state index contributed by atoms with van der Waals surface area (Å²) in [4.78, 5) is 36.7. The van der Waals surface area contributed by atoms with Gasteiger partial charge in [0.25, 0.3) is 0 Å². The SMILES string of the molecule is COC(=O)c1ccc2cc(-c3nn(C(=O)OC(C)(C)C)c4ccsc34)n(C(=O)O)c2c1. The summed E-state index contributed by atoms with van der Waals surface area (Å²) in [6.07, 6.45) is -1.91. The average Bonchev–Trinajstić information content (AvgIpc) is 3.37. The summed E-state index contributed by atoms with van der Waals surface area (Å²) in [5.41, 5.74) is 0.941. The lowest BCUT2D eigenvalue weighted by molar-refractivity contribution is 0.0522. The third-order valence-corrected chi connectivity index (χ3v) is 5.42. The molecule has 0 amide bonds. The summed E-state index contributed by atoms with van der Waals surface area (Å²) in [5.74, 6) is -0.573. The lowest BCUT2D eigenvalue weighted by Gasteiger charge is -2.19. The Morgan fingerprint density at radius 1 is 1.10 bits per heavy atom. The predicted octanol–water partition coefficient (Wildman–Crippen LogP) is 4.82. The Labute approximate surface area is 180 Å². The zero-order chi connectivity index (χ0) is 22.5. The van der Waals surface area contributed by atoms with E-state index in [1.165, 1.54) is 24.5 Å². The van der Waals surface area contributed by atoms with Crippen LogP contribution in [0, 0.1) is 0 Å². The van der Waals surface area contributed by atoms with Crippen molar-refractivity contribution >= 4 is 50.6 Å². The Hall–Kier alpha value is -3.66. The van der Waals surface area contributed by atoms with Crippen molar-refractivity contribution in [3.05, 3.63) is 41.3 Å². The van der Waals surface area contributed by atoms with E-state index in [1.54, 1.807) is 50.4 Å². The number of carboxylic acid groups (broad SMARTS) is 1. The minimum Gasteiger partial charge on any atom is -0.465 e. The first kappa shape index (κ1) is 20.6. The van der Waals surface area contributed by atoms with Gasteiger partial charge in [0.2, 0.25) is 0 Å². The molecule has 160 valence electrons. The highest BCUT2D eigenvalue weighted by Gasteiger charge is 2.26. The summed E-state index contributed by atoms with van der Waals surface area (Å²) in [6, 6.07) is 8.04. The number of esters is 1. The summed E-state index contributed by atoms with van der Waals surface area (Å²) in [6.45, 7) is 5.25. The Morgan fingerprint density at radius 3 is 2.48 bits per heavy atom. The van der Waals surface area contributed by atoms with Crippen LogP contribution in [0.25, 0.3) is 32.5 Å². The van der Waals surface area contributed by atoms with Crippen LogP contribution >= 0.6 is 11.3 Å². The molecular formula is C21H19N3O6S. The quantitative estimate of drug-likeness (QED) is 0.444. The van der Waals surface area contributed by atoms with Crippen LogP contribution in [0.4, 0.5) is 9.59 Å². The highest BCUT2D eigenvalue weighted by atomic mass is 32.1. The number of methoxy groups -OCH3 is 1. The number of rotatable bonds is 2. The predicted molar refractivity (Wildman–Crippen MR) is 115 cm³/mol. The Morgan fingerprint density at radius 2 is 1.84 bits per heavy atom. The van der Waals surface area contributed by atoms with Crippen LogP contribution in [-0.4, -0.2) is 50.3 Å². The molecular weight excluding hydrogens is 422 g/mol. The average molecular weight is 441 g/mol. The molecule has 1 N–H and O–H groups in total. The first-order valence-electron chi connectivity index (χ1n) is 9.28. The normalized spacial score (nSPS) is 11.7. The molecule has 0 atom stereocenters. The molecule has 0 saturated heterocycles. The third-order valence-electron chi connectivity index (χ3n) is 4.51. The second-order valence-electron chi connectivity index (χ2n) is 7.79. The zero-order valence-electron chi connectivity index (χ0n) is 17.2. The molecule has 0 aliphatic rings. The van der Waals surface area contributed by atoms with E-state index >= 15 is 0 Å². The second kappa shape index (κ2) is 7.24. The molecule has 3 aromatic heterocycles. The van der Waals surface area contributed by atoms with Crippen molar-refractivity contribution < 1.29 is 29.0 Å². The highest BCUT2D eigenvalue weighted by molar-refractivity contribution is 7.17. The van der Waals surface area contributed by atoms with Gasteiger partial charge in [0.05, 0.1) is 34.1 Å². The van der Waals surface area contributed by atoms with Crippen molar-refractivity contribution in [1.29, 1.82) is 0 Å². The number of carbonyl (C=O) groups is 3. The van der Waals surface area contributed by atoms with E-state index in [-0.39, 0.29) is 11.3 Å². The molecule has 4 aromatic rings. The van der Waals surface area contributed by atoms with Crippen LogP contribution in [0.2, 0.25) is 0 Å². The first-order valence-corrected chi connectivity index (χ1v) is 10.2. The summed E-state index contributed by atoms with van der Waals surface area (Å²) >= 11 is 1.34. The van der Waals surface area contributed by atoms with Gasteiger partial charge >= 0.3 is 18.2 Å². The van der Waals surface area contributed by atoms with Crippen molar-refractivity contribution in [2.45, 2.75) is 26.4 Å². The maximum absolute atomic E-state index is 12.7. The van der Waals surface area contributed by atoms with Gasteiger partial charge in [-0.15, -0.1) is 11.3 Å². The molecule has 0 fully saturated rings. The van der Waals surface area contributed by atoms with E-state index in [1.807, 2.05) is 0 Å². The van der Waals surface area contributed by atoms with Gasteiger partial charge < -0.3 is 14.6 Å². The lowest BCUT2D eigenvalue weighted by atomic mass is 10.1. The van der Waals surface area contributed by atoms with Crippen LogP contribution in [0.5, 0.6) is 0 Å². The minimum atomic E-state index is -1.25. The number of thiophene rings is 1. The molecule has 1 aromatic carbocycles. The van der Waals surface area contributed by atoms with Crippen molar-refractivity contribution in [2.24, 2.45) is 0 Å². The van der Waals surface area contributed by atoms with E-state index in [0.717, 1.165) is 9.25 Å². The van der Waals surface area contributed by atoms with Gasteiger partial charge in [0, 0.05) is 5.39 Å². The van der Waals surface area contributed by atoms with E-state index in [2.05, 4.69) is 5.10 Å². The van der Waals surface area contributed by atoms with Gasteiger partial charge in [-0.2, -0.15) is 9.78 Å². The maximum Gasteiger partial charge on any atom is 0.435 e. The molecule has 0 spiro atoms. The number of hydrogen-bond donors (Lipinski definition) is 1. The number of benzene rings is 1. The fourth-order valence-corrected chi connectivity index (χ4v) is 4.15. The van der Waals surface area contributed by atoms with Gasteiger partial charge in [-0.25, -0.2) is 19.0 Å². The lowest BCUT2D eigenvalue weighted by Crippen LogP contribution is -2.27. The Kier molecular flexibility index (Phi) is 4.81. The molecule has 0 radical (unpaired) electrons. The Bertz CT molecular complexity index is 1350. The van der Waals surface area contributed by atoms with E-state index in [4.69, 9.17) is 9.47 Å². The Balaban J connectivity index is 1.94.